The van der Waals surface area contributed by atoms with Crippen LogP contribution in [0.3, 0.4) is 0 Å². The van der Waals surface area contributed by atoms with Gasteiger partial charge >= 0.3 is 0 Å². The first-order chi connectivity index (χ1) is 23.3. The first-order valence-corrected chi connectivity index (χ1v) is 16.1. The number of pyridine rings is 1. The number of fused-ring (bicyclic) bond motifs is 4. The molecule has 5 aromatic carbocycles. The van der Waals surface area contributed by atoms with Crippen molar-refractivity contribution >= 4 is 42.5 Å². The fourth-order valence-electron chi connectivity index (χ4n) is 5.88. The smallest absolute Gasteiger partial charge is 0.180 e. The van der Waals surface area contributed by atoms with Gasteiger partial charge in [0.25, 0.3) is 0 Å². The van der Waals surface area contributed by atoms with Gasteiger partial charge < -0.3 is 0 Å². The van der Waals surface area contributed by atoms with Crippen molar-refractivity contribution in [2.24, 2.45) is 0 Å². The first kappa shape index (κ1) is 27.2. The molecule has 9 rings (SSSR count). The standard InChI is InChI=1S/C40H24N6S/c1-3-13-26(14-4-1)36-43-37(27-15-5-2-6-16-27)45-38(44-36)29-18-11-17-28(24-29)35-34-30-19-8-10-21-33(30)47-40(34)46-39(42-35)32-23-22-25-12-7-9-20-31(25)41-32/h1-24H. The van der Waals surface area contributed by atoms with Crippen LogP contribution < -0.4 is 0 Å². The van der Waals surface area contributed by atoms with Crippen LogP contribution in [0.15, 0.2) is 146 Å². The fraction of sp³-hybridized carbons (Fsp3) is 0. The highest BCUT2D eigenvalue weighted by atomic mass is 32.1. The normalized spacial score (nSPS) is 11.4. The Morgan fingerprint density at radius 2 is 1.02 bits per heavy atom. The SMILES string of the molecule is c1ccc(-c2nc(-c3ccccc3)nc(-c3cccc(-c4nc(-c5ccc6ccccc6n5)nc5sc6ccccc6c45)c3)n2)cc1. The lowest BCUT2D eigenvalue weighted by Crippen LogP contribution is -2.00. The van der Waals surface area contributed by atoms with Crippen molar-refractivity contribution in [1.82, 2.24) is 29.9 Å². The Hall–Kier alpha value is -6.18. The zero-order valence-electron chi connectivity index (χ0n) is 24.9. The Kier molecular flexibility index (Phi) is 6.54. The predicted octanol–water partition coefficient (Wildman–Crippen LogP) is 9.91. The zero-order valence-corrected chi connectivity index (χ0v) is 25.8. The summed E-state index contributed by atoms with van der Waals surface area (Å²) in [6.45, 7) is 0. The predicted molar refractivity (Wildman–Crippen MR) is 191 cm³/mol. The van der Waals surface area contributed by atoms with Crippen LogP contribution in [-0.2, 0) is 0 Å². The molecule has 0 aliphatic carbocycles. The van der Waals surface area contributed by atoms with E-state index in [4.69, 9.17) is 29.9 Å². The van der Waals surface area contributed by atoms with E-state index >= 15 is 0 Å². The largest absolute Gasteiger partial charge is 0.244 e. The molecule has 7 heteroatoms. The molecule has 4 heterocycles. The highest BCUT2D eigenvalue weighted by Gasteiger charge is 2.19. The summed E-state index contributed by atoms with van der Waals surface area (Å²) < 4.78 is 1.16. The third-order valence-electron chi connectivity index (χ3n) is 8.16. The van der Waals surface area contributed by atoms with Gasteiger partial charge in [0.2, 0.25) is 0 Å². The summed E-state index contributed by atoms with van der Waals surface area (Å²) in [6, 6.07) is 48.9. The van der Waals surface area contributed by atoms with Crippen molar-refractivity contribution in [1.29, 1.82) is 0 Å². The van der Waals surface area contributed by atoms with E-state index in [0.29, 0.717) is 23.3 Å². The molecule has 0 radical (unpaired) electrons. The number of rotatable bonds is 5. The average molecular weight is 621 g/mol. The van der Waals surface area contributed by atoms with Crippen molar-refractivity contribution in [2.75, 3.05) is 0 Å². The van der Waals surface area contributed by atoms with Crippen molar-refractivity contribution in [3.63, 3.8) is 0 Å². The number of thiophene rings is 1. The minimum atomic E-state index is 0.591. The lowest BCUT2D eigenvalue weighted by Gasteiger charge is -2.11. The topological polar surface area (TPSA) is 77.3 Å². The van der Waals surface area contributed by atoms with E-state index in [2.05, 4.69) is 48.5 Å². The summed E-state index contributed by atoms with van der Waals surface area (Å²) in [6.07, 6.45) is 0. The summed E-state index contributed by atoms with van der Waals surface area (Å²) in [5.41, 5.74) is 6.17. The second kappa shape index (κ2) is 11.3. The number of para-hydroxylation sites is 1. The molecule has 0 aliphatic rings. The molecule has 6 nitrogen and oxygen atoms in total. The molecule has 0 bridgehead atoms. The Morgan fingerprint density at radius 3 is 1.79 bits per heavy atom. The second-order valence-corrected chi connectivity index (χ2v) is 12.2. The van der Waals surface area contributed by atoms with Crippen LogP contribution in [0.25, 0.3) is 88.1 Å². The molecule has 4 aromatic heterocycles. The molecule has 0 fully saturated rings. The van der Waals surface area contributed by atoms with E-state index in [9.17, 15) is 0 Å². The van der Waals surface area contributed by atoms with Gasteiger partial charge in [0.15, 0.2) is 23.3 Å². The number of benzene rings is 5. The van der Waals surface area contributed by atoms with Crippen LogP contribution in [0.4, 0.5) is 0 Å². The van der Waals surface area contributed by atoms with Crippen LogP contribution >= 0.6 is 11.3 Å². The van der Waals surface area contributed by atoms with E-state index in [-0.39, 0.29) is 0 Å². The third-order valence-corrected chi connectivity index (χ3v) is 9.22. The molecule has 0 N–H and O–H groups in total. The van der Waals surface area contributed by atoms with Gasteiger partial charge in [-0.05, 0) is 24.3 Å². The monoisotopic (exact) mass is 620 g/mol. The van der Waals surface area contributed by atoms with Gasteiger partial charge in [-0.25, -0.2) is 29.9 Å². The van der Waals surface area contributed by atoms with Crippen molar-refractivity contribution in [3.8, 4) is 56.9 Å². The molecule has 0 aliphatic heterocycles. The fourth-order valence-corrected chi connectivity index (χ4v) is 6.96. The maximum Gasteiger partial charge on any atom is 0.180 e. The lowest BCUT2D eigenvalue weighted by molar-refractivity contribution is 1.07. The van der Waals surface area contributed by atoms with Crippen LogP contribution in [0, 0.1) is 0 Å². The van der Waals surface area contributed by atoms with Crippen molar-refractivity contribution in [2.45, 2.75) is 0 Å². The molecule has 0 amide bonds. The van der Waals surface area contributed by atoms with E-state index < -0.39 is 0 Å². The van der Waals surface area contributed by atoms with Gasteiger partial charge in [-0.1, -0.05) is 121 Å². The Labute approximate surface area is 274 Å². The van der Waals surface area contributed by atoms with E-state index in [0.717, 1.165) is 64.8 Å². The Morgan fingerprint density at radius 1 is 0.404 bits per heavy atom. The van der Waals surface area contributed by atoms with Gasteiger partial charge in [-0.2, -0.15) is 0 Å². The van der Waals surface area contributed by atoms with E-state index in [1.54, 1.807) is 11.3 Å². The number of aromatic nitrogens is 6. The maximum atomic E-state index is 5.22. The molecular weight excluding hydrogens is 597 g/mol. The Balaban J connectivity index is 1.25. The van der Waals surface area contributed by atoms with Gasteiger partial charge in [-0.15, -0.1) is 11.3 Å². The molecule has 0 saturated heterocycles. The quantitative estimate of drug-likeness (QED) is 0.191. The highest BCUT2D eigenvalue weighted by molar-refractivity contribution is 7.25. The van der Waals surface area contributed by atoms with E-state index in [1.165, 1.54) is 0 Å². The van der Waals surface area contributed by atoms with Crippen LogP contribution in [0.2, 0.25) is 0 Å². The maximum absolute atomic E-state index is 5.22. The summed E-state index contributed by atoms with van der Waals surface area (Å²) in [4.78, 5) is 30.9. The summed E-state index contributed by atoms with van der Waals surface area (Å²) in [7, 11) is 0. The van der Waals surface area contributed by atoms with Gasteiger partial charge in [-0.3, -0.25) is 0 Å². The second-order valence-electron chi connectivity index (χ2n) is 11.2. The van der Waals surface area contributed by atoms with Crippen molar-refractivity contribution < 1.29 is 0 Å². The molecule has 47 heavy (non-hydrogen) atoms. The zero-order chi connectivity index (χ0) is 31.2. The summed E-state index contributed by atoms with van der Waals surface area (Å²) >= 11 is 1.67. The van der Waals surface area contributed by atoms with Crippen LogP contribution in [0.5, 0.6) is 0 Å². The average Bonchev–Trinajstić information content (AvgIpc) is 3.53. The molecule has 0 atom stereocenters. The van der Waals surface area contributed by atoms with Crippen LogP contribution in [0.1, 0.15) is 0 Å². The number of hydrogen-bond donors (Lipinski definition) is 0. The number of nitrogens with zero attached hydrogens (tertiary/aromatic N) is 6. The molecule has 0 saturated carbocycles. The van der Waals surface area contributed by atoms with Crippen molar-refractivity contribution in [3.05, 3.63) is 146 Å². The molecular formula is C40H24N6S. The highest BCUT2D eigenvalue weighted by Crippen LogP contribution is 2.40. The minimum absolute atomic E-state index is 0.591. The number of hydrogen-bond acceptors (Lipinski definition) is 7. The van der Waals surface area contributed by atoms with Gasteiger partial charge in [0.05, 0.1) is 11.2 Å². The molecule has 0 spiro atoms. The lowest BCUT2D eigenvalue weighted by atomic mass is 10.0. The van der Waals surface area contributed by atoms with Gasteiger partial charge in [0, 0.05) is 43.1 Å². The molecule has 220 valence electrons. The molecule has 0 unspecified atom stereocenters. The first-order valence-electron chi connectivity index (χ1n) is 15.3. The van der Waals surface area contributed by atoms with Gasteiger partial charge in [0.1, 0.15) is 10.5 Å². The summed E-state index contributed by atoms with van der Waals surface area (Å²) in [5, 5.41) is 3.23. The minimum Gasteiger partial charge on any atom is -0.244 e. The Bertz CT molecular complexity index is 2520. The van der Waals surface area contributed by atoms with E-state index in [1.807, 2.05) is 97.1 Å². The summed E-state index contributed by atoms with van der Waals surface area (Å²) in [5.74, 6) is 2.43. The third kappa shape index (κ3) is 4.99. The van der Waals surface area contributed by atoms with Crippen LogP contribution in [-0.4, -0.2) is 29.9 Å². The molecule has 9 aromatic rings.